The Morgan fingerprint density at radius 2 is 2.38 bits per heavy atom. The zero-order valence-corrected chi connectivity index (χ0v) is 10.7. The molecule has 0 saturated carbocycles. The molecule has 0 fully saturated rings. The van der Waals surface area contributed by atoms with Crippen LogP contribution in [0, 0.1) is 6.92 Å². The van der Waals surface area contributed by atoms with Crippen molar-refractivity contribution in [2.45, 2.75) is 32.1 Å². The Labute approximate surface area is 101 Å². The second-order valence-corrected chi connectivity index (χ2v) is 4.48. The van der Waals surface area contributed by atoms with E-state index in [1.165, 1.54) is 0 Å². The molecule has 0 aliphatic carbocycles. The minimum atomic E-state index is -0.104. The van der Waals surface area contributed by atoms with Crippen molar-refractivity contribution < 1.29 is 4.79 Å². The lowest BCUT2D eigenvalue weighted by atomic mass is 10.2. The second-order valence-electron chi connectivity index (χ2n) is 3.86. The number of hydrogen-bond donors (Lipinski definition) is 1. The summed E-state index contributed by atoms with van der Waals surface area (Å²) in [6.45, 7) is 4.44. The van der Waals surface area contributed by atoms with Crippen LogP contribution >= 0.6 is 11.6 Å². The Hall–Kier alpha value is -1.03. The SMILES string of the molecule is CCCC(Cl)CNC(=O)c1cnn(C)c1C. The maximum atomic E-state index is 11.8. The molecule has 0 radical (unpaired) electrons. The van der Waals surface area contributed by atoms with E-state index < -0.39 is 0 Å². The van der Waals surface area contributed by atoms with Gasteiger partial charge in [0, 0.05) is 19.3 Å². The molecule has 0 aliphatic rings. The molecule has 1 N–H and O–H groups in total. The first-order chi connectivity index (χ1) is 7.56. The third-order valence-electron chi connectivity index (χ3n) is 2.57. The molecule has 1 rings (SSSR count). The maximum Gasteiger partial charge on any atom is 0.254 e. The summed E-state index contributed by atoms with van der Waals surface area (Å²) >= 11 is 6.02. The van der Waals surface area contributed by atoms with Gasteiger partial charge in [-0.05, 0) is 13.3 Å². The van der Waals surface area contributed by atoms with Crippen LogP contribution in [0.15, 0.2) is 6.20 Å². The van der Waals surface area contributed by atoms with Crippen LogP contribution < -0.4 is 5.32 Å². The van der Waals surface area contributed by atoms with Gasteiger partial charge in [0.2, 0.25) is 0 Å². The Bertz CT molecular complexity index is 362. The Balaban J connectivity index is 2.50. The van der Waals surface area contributed by atoms with Crippen molar-refractivity contribution in [1.29, 1.82) is 0 Å². The molecule has 1 amide bonds. The van der Waals surface area contributed by atoms with Crippen molar-refractivity contribution in [2.24, 2.45) is 7.05 Å². The number of aromatic nitrogens is 2. The molecule has 0 bridgehead atoms. The van der Waals surface area contributed by atoms with Crippen LogP contribution in [0.25, 0.3) is 0 Å². The molecule has 0 saturated heterocycles. The van der Waals surface area contributed by atoms with Gasteiger partial charge >= 0.3 is 0 Å². The van der Waals surface area contributed by atoms with Crippen molar-refractivity contribution >= 4 is 17.5 Å². The van der Waals surface area contributed by atoms with Gasteiger partial charge in [-0.2, -0.15) is 5.10 Å². The quantitative estimate of drug-likeness (QED) is 0.803. The minimum absolute atomic E-state index is 0.00549. The Morgan fingerprint density at radius 3 is 2.88 bits per heavy atom. The number of alkyl halides is 1. The number of amides is 1. The third kappa shape index (κ3) is 3.23. The number of rotatable bonds is 5. The van der Waals surface area contributed by atoms with Gasteiger partial charge in [0.1, 0.15) is 0 Å². The molecule has 1 aromatic rings. The van der Waals surface area contributed by atoms with Gasteiger partial charge in [0.15, 0.2) is 0 Å². The van der Waals surface area contributed by atoms with E-state index in [0.29, 0.717) is 12.1 Å². The molecular weight excluding hydrogens is 226 g/mol. The highest BCUT2D eigenvalue weighted by Gasteiger charge is 2.13. The van der Waals surface area contributed by atoms with E-state index in [4.69, 9.17) is 11.6 Å². The summed E-state index contributed by atoms with van der Waals surface area (Å²) in [7, 11) is 1.81. The number of nitrogens with one attached hydrogen (secondary N) is 1. The van der Waals surface area contributed by atoms with Gasteiger partial charge in [-0.1, -0.05) is 13.3 Å². The summed E-state index contributed by atoms with van der Waals surface area (Å²) in [5, 5.41) is 6.84. The van der Waals surface area contributed by atoms with Crippen molar-refractivity contribution in [3.63, 3.8) is 0 Å². The molecule has 1 heterocycles. The fourth-order valence-corrected chi connectivity index (χ4v) is 1.73. The summed E-state index contributed by atoms with van der Waals surface area (Å²) in [5.74, 6) is -0.104. The molecule has 4 nitrogen and oxygen atoms in total. The topological polar surface area (TPSA) is 46.9 Å². The van der Waals surface area contributed by atoms with Gasteiger partial charge in [0.05, 0.1) is 17.1 Å². The maximum absolute atomic E-state index is 11.8. The van der Waals surface area contributed by atoms with E-state index >= 15 is 0 Å². The lowest BCUT2D eigenvalue weighted by Crippen LogP contribution is -2.30. The average Bonchev–Trinajstić information content (AvgIpc) is 2.57. The highest BCUT2D eigenvalue weighted by Crippen LogP contribution is 2.07. The van der Waals surface area contributed by atoms with E-state index in [2.05, 4.69) is 17.3 Å². The Kier molecular flexibility index (Phi) is 4.80. The molecule has 0 aliphatic heterocycles. The smallest absolute Gasteiger partial charge is 0.254 e. The molecule has 0 spiro atoms. The number of halogens is 1. The first kappa shape index (κ1) is 13.0. The summed E-state index contributed by atoms with van der Waals surface area (Å²) < 4.78 is 1.68. The number of carbonyl (C=O) groups is 1. The molecular formula is C11H18ClN3O. The predicted molar refractivity (Wildman–Crippen MR) is 64.8 cm³/mol. The highest BCUT2D eigenvalue weighted by atomic mass is 35.5. The zero-order valence-electron chi connectivity index (χ0n) is 9.96. The lowest BCUT2D eigenvalue weighted by Gasteiger charge is -2.09. The Morgan fingerprint density at radius 1 is 1.69 bits per heavy atom. The van der Waals surface area contributed by atoms with Gasteiger partial charge in [-0.15, -0.1) is 11.6 Å². The van der Waals surface area contributed by atoms with Gasteiger partial charge in [0.25, 0.3) is 5.91 Å². The minimum Gasteiger partial charge on any atom is -0.350 e. The first-order valence-electron chi connectivity index (χ1n) is 5.47. The van der Waals surface area contributed by atoms with E-state index in [0.717, 1.165) is 18.5 Å². The largest absolute Gasteiger partial charge is 0.350 e. The molecule has 16 heavy (non-hydrogen) atoms. The van der Waals surface area contributed by atoms with Crippen LogP contribution in [0.4, 0.5) is 0 Å². The fourth-order valence-electron chi connectivity index (χ4n) is 1.44. The van der Waals surface area contributed by atoms with E-state index in [1.807, 2.05) is 14.0 Å². The third-order valence-corrected chi connectivity index (χ3v) is 2.94. The molecule has 0 aromatic carbocycles. The molecule has 5 heteroatoms. The summed E-state index contributed by atoms with van der Waals surface area (Å²) in [6, 6.07) is 0. The van der Waals surface area contributed by atoms with E-state index in [-0.39, 0.29) is 11.3 Å². The number of aryl methyl sites for hydroxylation is 1. The van der Waals surface area contributed by atoms with Gasteiger partial charge < -0.3 is 5.32 Å². The van der Waals surface area contributed by atoms with Gasteiger partial charge in [-0.3, -0.25) is 9.48 Å². The summed E-state index contributed by atoms with van der Waals surface area (Å²) in [6.07, 6.45) is 3.51. The second kappa shape index (κ2) is 5.89. The number of carbonyl (C=O) groups excluding carboxylic acids is 1. The van der Waals surface area contributed by atoms with Gasteiger partial charge in [-0.25, -0.2) is 0 Å². The van der Waals surface area contributed by atoms with Crippen molar-refractivity contribution in [2.75, 3.05) is 6.54 Å². The zero-order chi connectivity index (χ0) is 12.1. The van der Waals surface area contributed by atoms with Crippen molar-refractivity contribution in [3.05, 3.63) is 17.5 Å². The normalized spacial score (nSPS) is 12.5. The monoisotopic (exact) mass is 243 g/mol. The standard InChI is InChI=1S/C11H18ClN3O/c1-4-5-9(12)6-13-11(16)10-7-14-15(3)8(10)2/h7,9H,4-6H2,1-3H3,(H,13,16). The van der Waals surface area contributed by atoms with E-state index in [9.17, 15) is 4.79 Å². The predicted octanol–water partition coefficient (Wildman–Crippen LogP) is 1.87. The molecule has 1 aromatic heterocycles. The summed E-state index contributed by atoms with van der Waals surface area (Å²) in [4.78, 5) is 11.8. The van der Waals surface area contributed by atoms with Crippen LogP contribution in [-0.2, 0) is 7.05 Å². The van der Waals surface area contributed by atoms with Crippen LogP contribution in [0.1, 0.15) is 35.8 Å². The van der Waals surface area contributed by atoms with E-state index in [1.54, 1.807) is 10.9 Å². The number of nitrogens with zero attached hydrogens (tertiary/aromatic N) is 2. The van der Waals surface area contributed by atoms with Crippen molar-refractivity contribution in [1.82, 2.24) is 15.1 Å². The van der Waals surface area contributed by atoms with Crippen LogP contribution in [0.2, 0.25) is 0 Å². The fraction of sp³-hybridized carbons (Fsp3) is 0.636. The van der Waals surface area contributed by atoms with Crippen molar-refractivity contribution in [3.8, 4) is 0 Å². The van der Waals surface area contributed by atoms with Crippen LogP contribution in [0.5, 0.6) is 0 Å². The first-order valence-corrected chi connectivity index (χ1v) is 5.90. The number of hydrogen-bond acceptors (Lipinski definition) is 2. The average molecular weight is 244 g/mol. The lowest BCUT2D eigenvalue weighted by molar-refractivity contribution is 0.0952. The molecule has 90 valence electrons. The summed E-state index contributed by atoms with van der Waals surface area (Å²) in [5.41, 5.74) is 1.47. The molecule has 1 atom stereocenters. The molecule has 1 unspecified atom stereocenters. The van der Waals surface area contributed by atoms with Crippen LogP contribution in [0.3, 0.4) is 0 Å². The van der Waals surface area contributed by atoms with Crippen LogP contribution in [-0.4, -0.2) is 27.6 Å². The highest BCUT2D eigenvalue weighted by molar-refractivity contribution is 6.20.